The van der Waals surface area contributed by atoms with Crippen molar-refractivity contribution in [1.82, 2.24) is 0 Å². The van der Waals surface area contributed by atoms with Crippen molar-refractivity contribution < 1.29 is 223 Å². The summed E-state index contributed by atoms with van der Waals surface area (Å²) in [6.07, 6.45) is -48.5. The molecular formula is C29H24F34NaO9P. The predicted molar refractivity (Wildman–Crippen MR) is 158 cm³/mol. The summed E-state index contributed by atoms with van der Waals surface area (Å²) < 4.78 is 482. The summed E-state index contributed by atoms with van der Waals surface area (Å²) in [4.78, 5) is 22.7. The van der Waals surface area contributed by atoms with Crippen LogP contribution in [-0.4, -0.2) is 159 Å². The number of aldehydes is 1. The molecule has 0 bridgehead atoms. The second-order valence-corrected chi connectivity index (χ2v) is 16.1. The molecule has 0 aliphatic rings. The van der Waals surface area contributed by atoms with Crippen LogP contribution in [-0.2, 0) is 18.4 Å². The van der Waals surface area contributed by atoms with Gasteiger partial charge in [-0.3, -0.25) is 4.57 Å². The summed E-state index contributed by atoms with van der Waals surface area (Å²) >= 11 is 0. The number of halogens is 34. The van der Waals surface area contributed by atoms with Gasteiger partial charge in [0.25, 0.3) is 7.82 Å². The molecule has 0 aromatic rings. The average molecular weight is 1220 g/mol. The number of carbonyl (C=O) groups excluding carboxylic acids is 1. The summed E-state index contributed by atoms with van der Waals surface area (Å²) in [5.41, 5.74) is 0. The smallest absolute Gasteiger partial charge is 0.756 e. The molecule has 0 radical (unpaired) electrons. The molecular weight excluding hydrogens is 1190 g/mol. The molecule has 0 rings (SSSR count). The van der Waals surface area contributed by atoms with E-state index in [1.54, 1.807) is 0 Å². The Labute approximate surface area is 407 Å². The van der Waals surface area contributed by atoms with Crippen LogP contribution in [0.5, 0.6) is 0 Å². The number of aliphatic hydroxyl groups excluding tert-OH is 4. The molecule has 0 saturated heterocycles. The second-order valence-electron chi connectivity index (χ2n) is 14.7. The third kappa shape index (κ3) is 12.6. The van der Waals surface area contributed by atoms with Crippen LogP contribution in [0, 0.1) is 0 Å². The zero-order chi connectivity index (χ0) is 59.5. The number of carbonyl (C=O) groups is 1. The molecule has 438 valence electrons. The zero-order valence-corrected chi connectivity index (χ0v) is 37.4. The van der Waals surface area contributed by atoms with Crippen molar-refractivity contribution in [2.75, 3.05) is 6.61 Å². The maximum atomic E-state index is 14.6. The van der Waals surface area contributed by atoms with Crippen LogP contribution in [0.2, 0.25) is 0 Å². The van der Waals surface area contributed by atoms with Crippen LogP contribution in [0.15, 0.2) is 0 Å². The summed E-state index contributed by atoms with van der Waals surface area (Å²) in [7, 11) is -6.84. The Hall–Kier alpha value is -1.76. The third-order valence-electron chi connectivity index (χ3n) is 9.54. The molecule has 0 aliphatic heterocycles. The van der Waals surface area contributed by atoms with Crippen LogP contribution in [0.25, 0.3) is 0 Å². The van der Waals surface area contributed by atoms with Crippen LogP contribution >= 0.6 is 7.82 Å². The maximum absolute atomic E-state index is 14.6. The van der Waals surface area contributed by atoms with Crippen molar-refractivity contribution >= 4 is 14.1 Å². The fourth-order valence-corrected chi connectivity index (χ4v) is 5.98. The summed E-state index contributed by atoms with van der Waals surface area (Å²) in [6, 6.07) is 0. The standard InChI is InChI=1S/C29H25F34O9P.Na/c30-14(31,16(34,35)18(38,39)20(42,43)22(46,47)24(50,51)26(54,55)28(58,59)60)5-2-1-3-9(72-73(69,70)71-8-11(66)13(68)12(67)10(65)7-64)4-6-15(32,33)17(36,37)19(40,41)21(44,45)23(48,49)25(52,53)27(56,57)29(61,62)63;/h7,9-13,65-68H,1-6,8H2,(H,69,70);/q;+1/p-1/t9?,10-,11+,12+,13-;/m0./s1. The van der Waals surface area contributed by atoms with Gasteiger partial charge in [0.05, 0.1) is 12.7 Å². The first-order valence-corrected chi connectivity index (χ1v) is 19.2. The molecule has 4 N–H and O–H groups in total. The molecule has 45 heteroatoms. The van der Waals surface area contributed by atoms with E-state index < -0.39 is 185 Å². The first kappa shape index (κ1) is 74.3. The van der Waals surface area contributed by atoms with Gasteiger partial charge in [-0.2, -0.15) is 149 Å². The van der Waals surface area contributed by atoms with E-state index in [0.29, 0.717) is 0 Å². The summed E-state index contributed by atoms with van der Waals surface area (Å²) in [5.74, 6) is -121. The number of aliphatic hydroxyl groups is 4. The number of phosphoric ester groups is 1. The van der Waals surface area contributed by atoms with Crippen molar-refractivity contribution in [3.05, 3.63) is 0 Å². The van der Waals surface area contributed by atoms with E-state index in [9.17, 15) is 179 Å². The molecule has 0 fully saturated rings. The van der Waals surface area contributed by atoms with Crippen LogP contribution in [0.1, 0.15) is 38.5 Å². The van der Waals surface area contributed by atoms with Crippen molar-refractivity contribution in [2.24, 2.45) is 0 Å². The van der Waals surface area contributed by atoms with Crippen LogP contribution in [0.3, 0.4) is 0 Å². The molecule has 0 spiro atoms. The van der Waals surface area contributed by atoms with Gasteiger partial charge in [-0.25, -0.2) is 0 Å². The molecule has 0 aromatic carbocycles. The summed E-state index contributed by atoms with van der Waals surface area (Å²) in [6.45, 7) is -2.15. The largest absolute Gasteiger partial charge is 1.00 e. The van der Waals surface area contributed by atoms with Crippen LogP contribution in [0.4, 0.5) is 149 Å². The Morgan fingerprint density at radius 3 is 1.00 bits per heavy atom. The first-order valence-electron chi connectivity index (χ1n) is 17.7. The minimum Gasteiger partial charge on any atom is -0.756 e. The number of alkyl halides is 34. The molecule has 0 aliphatic carbocycles. The fourth-order valence-electron chi connectivity index (χ4n) is 5.01. The molecule has 0 heterocycles. The van der Waals surface area contributed by atoms with Gasteiger partial charge in [0.1, 0.15) is 24.4 Å². The molecule has 0 aromatic heterocycles. The third-order valence-corrected chi connectivity index (χ3v) is 10.6. The normalized spacial score (nSPS) is 18.5. The van der Waals surface area contributed by atoms with E-state index in [1.165, 1.54) is 0 Å². The zero-order valence-electron chi connectivity index (χ0n) is 34.5. The van der Waals surface area contributed by atoms with Crippen molar-refractivity contribution in [3.63, 3.8) is 0 Å². The predicted octanol–water partition coefficient (Wildman–Crippen LogP) is 6.86. The van der Waals surface area contributed by atoms with E-state index >= 15 is 0 Å². The molecule has 74 heavy (non-hydrogen) atoms. The molecule has 2 unspecified atom stereocenters. The minimum absolute atomic E-state index is 0. The Morgan fingerprint density at radius 1 is 0.419 bits per heavy atom. The van der Waals surface area contributed by atoms with Gasteiger partial charge in [-0.05, 0) is 19.3 Å². The van der Waals surface area contributed by atoms with E-state index in [0.717, 1.165) is 0 Å². The maximum Gasteiger partial charge on any atom is 1.00 e. The second kappa shape index (κ2) is 22.4. The van der Waals surface area contributed by atoms with Gasteiger partial charge in [0, 0.05) is 12.8 Å². The number of rotatable bonds is 29. The van der Waals surface area contributed by atoms with Gasteiger partial charge in [-0.15, -0.1) is 0 Å². The Kier molecular flexibility index (Phi) is 22.5. The monoisotopic (exact) mass is 1220 g/mol. The quantitative estimate of drug-likeness (QED) is 0.0207. The number of unbranched alkanes of at least 4 members (excludes halogenated alkanes) is 1. The first-order chi connectivity index (χ1) is 31.5. The van der Waals surface area contributed by atoms with E-state index in [1.807, 2.05) is 0 Å². The van der Waals surface area contributed by atoms with Gasteiger partial charge >= 0.3 is 125 Å². The average Bonchev–Trinajstić information content (AvgIpc) is 3.20. The molecule has 6 atom stereocenters. The molecule has 9 nitrogen and oxygen atoms in total. The van der Waals surface area contributed by atoms with Gasteiger partial charge in [0.15, 0.2) is 6.29 Å². The van der Waals surface area contributed by atoms with Gasteiger partial charge in [0.2, 0.25) is 0 Å². The Morgan fingerprint density at radius 2 is 0.703 bits per heavy atom. The summed E-state index contributed by atoms with van der Waals surface area (Å²) in [5, 5.41) is 37.8. The Bertz CT molecular complexity index is 1910. The van der Waals surface area contributed by atoms with Crippen molar-refractivity contribution in [3.8, 4) is 0 Å². The molecule has 0 amide bonds. The van der Waals surface area contributed by atoms with Crippen molar-refractivity contribution in [2.45, 2.75) is 164 Å². The van der Waals surface area contributed by atoms with E-state index in [4.69, 9.17) is 5.11 Å². The SMILES string of the molecule is O=C[C@H](O)[C@@H](O)[C@@H](O)[C@H](O)COP(=O)([O-])OC(CCCCC(F)(F)C(F)(F)C(F)(F)C(F)(F)C(F)(F)C(F)(F)C(F)(F)C(F)(F)F)CCC(F)(F)C(F)(F)C(F)(F)C(F)(F)C(F)(F)C(F)(F)C(F)(F)C(F)(F)F.[Na+]. The number of hydrogen-bond acceptors (Lipinski definition) is 9. The molecule has 0 saturated carbocycles. The van der Waals surface area contributed by atoms with Crippen LogP contribution < -0.4 is 34.5 Å². The van der Waals surface area contributed by atoms with E-state index in [-0.39, 0.29) is 29.6 Å². The van der Waals surface area contributed by atoms with Crippen molar-refractivity contribution in [1.29, 1.82) is 0 Å². The van der Waals surface area contributed by atoms with E-state index in [2.05, 4.69) is 9.05 Å². The van der Waals surface area contributed by atoms with Gasteiger partial charge in [-0.1, -0.05) is 6.42 Å². The van der Waals surface area contributed by atoms with Gasteiger partial charge < -0.3 is 39.2 Å². The Balaban J connectivity index is 0. The minimum atomic E-state index is -9.21. The number of phosphoric acid groups is 1. The number of hydrogen-bond donors (Lipinski definition) is 4. The topological polar surface area (TPSA) is 157 Å². The fraction of sp³-hybridized carbons (Fsp3) is 0.966.